The molecule has 2 aromatic carbocycles. The minimum absolute atomic E-state index is 0.0710. The number of nitrogens with one attached hydrogen (secondary N) is 2. The molecule has 0 unspecified atom stereocenters. The molecule has 2 N–H and O–H groups in total. The zero-order chi connectivity index (χ0) is 21.3. The van der Waals surface area contributed by atoms with Crippen molar-refractivity contribution in [3.63, 3.8) is 0 Å². The summed E-state index contributed by atoms with van der Waals surface area (Å²) < 4.78 is 44.2. The zero-order valence-corrected chi connectivity index (χ0v) is 16.0. The number of ether oxygens (including phenoxy) is 1. The summed E-state index contributed by atoms with van der Waals surface area (Å²) in [6, 6.07) is 10.3. The van der Waals surface area contributed by atoms with E-state index < -0.39 is 11.7 Å². The highest BCUT2D eigenvalue weighted by atomic mass is 19.4. The Balaban J connectivity index is 1.35. The summed E-state index contributed by atoms with van der Waals surface area (Å²) in [5, 5.41) is 5.54. The van der Waals surface area contributed by atoms with Crippen molar-refractivity contribution in [1.82, 2.24) is 0 Å². The molecule has 4 rings (SSSR count). The van der Waals surface area contributed by atoms with Crippen LogP contribution in [0.2, 0.25) is 0 Å². The van der Waals surface area contributed by atoms with Crippen LogP contribution >= 0.6 is 0 Å². The second-order valence-electron chi connectivity index (χ2n) is 7.35. The molecule has 0 aliphatic carbocycles. The number of carbonyl (C=O) groups is 2. The number of hydrogen-bond donors (Lipinski definition) is 2. The number of rotatable bonds is 3. The molecule has 2 heterocycles. The molecular weight excluding hydrogens is 399 g/mol. The molecule has 9 heteroatoms. The third kappa shape index (κ3) is 4.34. The van der Waals surface area contributed by atoms with Crippen LogP contribution in [0.4, 0.5) is 30.2 Å². The van der Waals surface area contributed by atoms with Gasteiger partial charge in [0.15, 0.2) is 6.61 Å². The SMILES string of the molecule is O=C1COc2cc(NC(=O)C3CCN(c4cccc(C(F)(F)F)c4)CC3)ccc2N1. The van der Waals surface area contributed by atoms with Crippen LogP contribution in [-0.2, 0) is 15.8 Å². The van der Waals surface area contributed by atoms with Gasteiger partial charge in [-0.15, -0.1) is 0 Å². The summed E-state index contributed by atoms with van der Waals surface area (Å²) in [6.07, 6.45) is -3.30. The van der Waals surface area contributed by atoms with Gasteiger partial charge in [0, 0.05) is 36.4 Å². The standard InChI is InChI=1S/C21H20F3N3O3/c22-21(23,24)14-2-1-3-16(10-14)27-8-6-13(7-9-27)20(29)25-15-4-5-17-18(11-15)30-12-19(28)26-17/h1-5,10-11,13H,6-9,12H2,(H,25,29)(H,26,28). The maximum atomic E-state index is 12.9. The van der Waals surface area contributed by atoms with Crippen LogP contribution in [-0.4, -0.2) is 31.5 Å². The van der Waals surface area contributed by atoms with Gasteiger partial charge >= 0.3 is 6.18 Å². The van der Waals surface area contributed by atoms with Crippen LogP contribution in [0.1, 0.15) is 18.4 Å². The van der Waals surface area contributed by atoms with Crippen molar-refractivity contribution < 1.29 is 27.5 Å². The topological polar surface area (TPSA) is 70.7 Å². The van der Waals surface area contributed by atoms with Crippen LogP contribution < -0.4 is 20.3 Å². The Hall–Kier alpha value is -3.23. The van der Waals surface area contributed by atoms with E-state index in [2.05, 4.69) is 10.6 Å². The van der Waals surface area contributed by atoms with E-state index in [4.69, 9.17) is 4.74 Å². The highest BCUT2D eigenvalue weighted by Crippen LogP contribution is 2.34. The van der Waals surface area contributed by atoms with Crippen molar-refractivity contribution >= 4 is 28.9 Å². The fourth-order valence-electron chi connectivity index (χ4n) is 3.68. The summed E-state index contributed by atoms with van der Waals surface area (Å²) in [6.45, 7) is 0.926. The van der Waals surface area contributed by atoms with Gasteiger partial charge in [0.1, 0.15) is 5.75 Å². The van der Waals surface area contributed by atoms with E-state index in [0.717, 1.165) is 12.1 Å². The molecule has 2 amide bonds. The van der Waals surface area contributed by atoms with Crippen molar-refractivity contribution in [3.8, 4) is 5.75 Å². The minimum atomic E-state index is -4.38. The molecule has 2 aromatic rings. The van der Waals surface area contributed by atoms with Gasteiger partial charge in [0.25, 0.3) is 5.91 Å². The summed E-state index contributed by atoms with van der Waals surface area (Å²) in [4.78, 5) is 25.8. The van der Waals surface area contributed by atoms with Crippen molar-refractivity contribution in [2.24, 2.45) is 5.92 Å². The van der Waals surface area contributed by atoms with Crippen molar-refractivity contribution in [3.05, 3.63) is 48.0 Å². The van der Waals surface area contributed by atoms with Gasteiger partial charge in [-0.05, 0) is 43.2 Å². The van der Waals surface area contributed by atoms with E-state index in [0.29, 0.717) is 48.7 Å². The Kier molecular flexibility index (Phi) is 5.27. The number of nitrogens with zero attached hydrogens (tertiary/aromatic N) is 1. The lowest BCUT2D eigenvalue weighted by atomic mass is 9.95. The van der Waals surface area contributed by atoms with Crippen molar-refractivity contribution in [2.45, 2.75) is 19.0 Å². The van der Waals surface area contributed by atoms with Gasteiger partial charge in [0.05, 0.1) is 11.3 Å². The monoisotopic (exact) mass is 419 g/mol. The number of carbonyl (C=O) groups excluding carboxylic acids is 2. The van der Waals surface area contributed by atoms with E-state index in [1.165, 1.54) is 6.07 Å². The number of anilines is 3. The first kappa shape index (κ1) is 20.1. The van der Waals surface area contributed by atoms with Gasteiger partial charge < -0.3 is 20.3 Å². The number of benzene rings is 2. The van der Waals surface area contributed by atoms with Gasteiger partial charge in [-0.2, -0.15) is 13.2 Å². The minimum Gasteiger partial charge on any atom is -0.482 e. The van der Waals surface area contributed by atoms with Gasteiger partial charge in [-0.25, -0.2) is 0 Å². The van der Waals surface area contributed by atoms with E-state index in [-0.39, 0.29) is 24.3 Å². The molecule has 0 spiro atoms. The number of piperidine rings is 1. The Morgan fingerprint density at radius 3 is 2.63 bits per heavy atom. The van der Waals surface area contributed by atoms with Gasteiger partial charge in [0.2, 0.25) is 5.91 Å². The molecule has 1 fully saturated rings. The van der Waals surface area contributed by atoms with E-state index >= 15 is 0 Å². The molecule has 2 aliphatic rings. The number of halogens is 3. The lowest BCUT2D eigenvalue weighted by Gasteiger charge is -2.33. The highest BCUT2D eigenvalue weighted by molar-refractivity contribution is 5.97. The van der Waals surface area contributed by atoms with Crippen LogP contribution in [0.3, 0.4) is 0 Å². The maximum absolute atomic E-state index is 12.9. The smallest absolute Gasteiger partial charge is 0.416 e. The maximum Gasteiger partial charge on any atom is 0.416 e. The average molecular weight is 419 g/mol. The zero-order valence-electron chi connectivity index (χ0n) is 16.0. The Morgan fingerprint density at radius 2 is 1.90 bits per heavy atom. The van der Waals surface area contributed by atoms with Crippen molar-refractivity contribution in [1.29, 1.82) is 0 Å². The van der Waals surface area contributed by atoms with E-state index in [1.54, 1.807) is 24.3 Å². The average Bonchev–Trinajstić information content (AvgIpc) is 2.73. The third-order valence-electron chi connectivity index (χ3n) is 5.29. The Bertz CT molecular complexity index is 969. The predicted octanol–water partition coefficient (Wildman–Crippen LogP) is 3.89. The molecular formula is C21H20F3N3O3. The third-order valence-corrected chi connectivity index (χ3v) is 5.29. The molecule has 0 atom stereocenters. The van der Waals surface area contributed by atoms with Gasteiger partial charge in [-0.3, -0.25) is 9.59 Å². The molecule has 30 heavy (non-hydrogen) atoms. The fourth-order valence-corrected chi connectivity index (χ4v) is 3.68. The molecule has 6 nitrogen and oxygen atoms in total. The summed E-state index contributed by atoms with van der Waals surface area (Å²) in [5.74, 6) is -0.110. The normalized spacial score (nSPS) is 17.0. The number of fused-ring (bicyclic) bond motifs is 1. The molecule has 0 bridgehead atoms. The summed E-state index contributed by atoms with van der Waals surface area (Å²) >= 11 is 0. The molecule has 158 valence electrons. The molecule has 1 saturated heterocycles. The van der Waals surface area contributed by atoms with Crippen LogP contribution in [0.15, 0.2) is 42.5 Å². The first-order chi connectivity index (χ1) is 14.3. The van der Waals surface area contributed by atoms with E-state index in [9.17, 15) is 22.8 Å². The number of alkyl halides is 3. The predicted molar refractivity (Wildman–Crippen MR) is 106 cm³/mol. The first-order valence-corrected chi connectivity index (χ1v) is 9.59. The molecule has 0 aromatic heterocycles. The Labute approximate surface area is 171 Å². The lowest BCUT2D eigenvalue weighted by molar-refractivity contribution is -0.137. The van der Waals surface area contributed by atoms with Crippen LogP contribution in [0, 0.1) is 5.92 Å². The number of amides is 2. The fraction of sp³-hybridized carbons (Fsp3) is 0.333. The summed E-state index contributed by atoms with van der Waals surface area (Å²) in [7, 11) is 0. The second-order valence-corrected chi connectivity index (χ2v) is 7.35. The van der Waals surface area contributed by atoms with Crippen LogP contribution in [0.25, 0.3) is 0 Å². The molecule has 0 radical (unpaired) electrons. The molecule has 2 aliphatic heterocycles. The second kappa shape index (κ2) is 7.89. The summed E-state index contributed by atoms with van der Waals surface area (Å²) in [5.41, 5.74) is 0.956. The van der Waals surface area contributed by atoms with Crippen molar-refractivity contribution in [2.75, 3.05) is 35.2 Å². The number of hydrogen-bond acceptors (Lipinski definition) is 4. The Morgan fingerprint density at radius 1 is 1.13 bits per heavy atom. The highest BCUT2D eigenvalue weighted by Gasteiger charge is 2.31. The van der Waals surface area contributed by atoms with Crippen LogP contribution in [0.5, 0.6) is 5.75 Å². The van der Waals surface area contributed by atoms with Gasteiger partial charge in [-0.1, -0.05) is 6.07 Å². The quantitative estimate of drug-likeness (QED) is 0.792. The largest absolute Gasteiger partial charge is 0.482 e. The molecule has 0 saturated carbocycles. The first-order valence-electron chi connectivity index (χ1n) is 9.59. The lowest BCUT2D eigenvalue weighted by Crippen LogP contribution is -2.38. The van der Waals surface area contributed by atoms with E-state index in [1.807, 2.05) is 4.90 Å².